The van der Waals surface area contributed by atoms with Gasteiger partial charge in [-0.3, -0.25) is 4.79 Å². The van der Waals surface area contributed by atoms with Crippen LogP contribution in [0.15, 0.2) is 0 Å². The molecule has 2 fully saturated rings. The van der Waals surface area contributed by atoms with Crippen LogP contribution in [0.1, 0.15) is 27.2 Å². The number of hydrogen-bond acceptors (Lipinski definition) is 4. The van der Waals surface area contributed by atoms with E-state index in [4.69, 9.17) is 9.47 Å². The summed E-state index contributed by atoms with van der Waals surface area (Å²) in [7, 11) is 0. The van der Waals surface area contributed by atoms with E-state index in [0.29, 0.717) is 19.5 Å². The molecule has 0 bridgehead atoms. The van der Waals surface area contributed by atoms with Crippen molar-refractivity contribution in [3.63, 3.8) is 0 Å². The van der Waals surface area contributed by atoms with E-state index >= 15 is 0 Å². The summed E-state index contributed by atoms with van der Waals surface area (Å²) in [4.78, 5) is 24.7. The van der Waals surface area contributed by atoms with Crippen LogP contribution in [0.3, 0.4) is 0 Å². The molecule has 0 N–H and O–H groups in total. The Morgan fingerprint density at radius 1 is 1.50 bits per heavy atom. The maximum Gasteiger partial charge on any atom is 0.410 e. The van der Waals surface area contributed by atoms with E-state index in [2.05, 4.69) is 0 Å². The fraction of sp³-hybridized carbons (Fsp3) is 0.818. The molecule has 0 radical (unpaired) electrons. The molecule has 0 aliphatic carbocycles. The zero-order chi connectivity index (χ0) is 12.0. The second-order valence-electron chi connectivity index (χ2n) is 5.36. The summed E-state index contributed by atoms with van der Waals surface area (Å²) in [5.74, 6) is 0.0959. The third-order valence-electron chi connectivity index (χ3n) is 2.87. The van der Waals surface area contributed by atoms with Gasteiger partial charge in [-0.2, -0.15) is 0 Å². The highest BCUT2D eigenvalue weighted by atomic mass is 16.6. The highest BCUT2D eigenvalue weighted by Gasteiger charge is 2.53. The predicted molar refractivity (Wildman–Crippen MR) is 56.1 cm³/mol. The largest absolute Gasteiger partial charge is 0.444 e. The molecular weight excluding hydrogens is 210 g/mol. The van der Waals surface area contributed by atoms with Crippen molar-refractivity contribution in [2.45, 2.75) is 38.4 Å². The van der Waals surface area contributed by atoms with Crippen LogP contribution in [0.2, 0.25) is 0 Å². The van der Waals surface area contributed by atoms with Crippen LogP contribution in [-0.4, -0.2) is 47.7 Å². The van der Waals surface area contributed by atoms with E-state index in [-0.39, 0.29) is 18.5 Å². The molecule has 2 aliphatic heterocycles. The van der Waals surface area contributed by atoms with Gasteiger partial charge in [-0.1, -0.05) is 0 Å². The third-order valence-corrected chi connectivity index (χ3v) is 2.87. The van der Waals surface area contributed by atoms with Gasteiger partial charge < -0.3 is 14.4 Å². The average molecular weight is 227 g/mol. The topological polar surface area (TPSA) is 55.8 Å². The lowest BCUT2D eigenvalue weighted by molar-refractivity contribution is -0.175. The Balaban J connectivity index is 1.94. The van der Waals surface area contributed by atoms with E-state index in [1.165, 1.54) is 0 Å². The molecule has 2 aliphatic rings. The first-order valence-corrected chi connectivity index (χ1v) is 5.48. The summed E-state index contributed by atoms with van der Waals surface area (Å²) in [6.45, 7) is 6.51. The maximum atomic E-state index is 11.7. The minimum absolute atomic E-state index is 0.0959. The lowest BCUT2D eigenvalue weighted by Crippen LogP contribution is -2.56. The molecule has 2 saturated heterocycles. The van der Waals surface area contributed by atoms with Crippen LogP contribution in [0, 0.1) is 0 Å². The molecule has 1 spiro atoms. The van der Waals surface area contributed by atoms with Gasteiger partial charge in [0.1, 0.15) is 17.8 Å². The molecule has 0 aromatic heterocycles. The number of carbonyl (C=O) groups excluding carboxylic acids is 2. The fourth-order valence-electron chi connectivity index (χ4n) is 1.94. The predicted octanol–water partition coefficient (Wildman–Crippen LogP) is 0.965. The van der Waals surface area contributed by atoms with Gasteiger partial charge in [0.2, 0.25) is 0 Å². The third kappa shape index (κ3) is 1.91. The van der Waals surface area contributed by atoms with Crippen LogP contribution >= 0.6 is 0 Å². The Labute approximate surface area is 94.7 Å². The zero-order valence-electron chi connectivity index (χ0n) is 9.91. The Morgan fingerprint density at radius 2 is 2.19 bits per heavy atom. The molecule has 2 rings (SSSR count). The van der Waals surface area contributed by atoms with E-state index in [0.717, 1.165) is 0 Å². The van der Waals surface area contributed by atoms with E-state index in [9.17, 15) is 9.59 Å². The van der Waals surface area contributed by atoms with Crippen LogP contribution in [-0.2, 0) is 14.3 Å². The number of carbonyl (C=O) groups is 2. The van der Waals surface area contributed by atoms with Gasteiger partial charge in [0, 0.05) is 13.0 Å². The van der Waals surface area contributed by atoms with Gasteiger partial charge in [0.15, 0.2) is 5.78 Å². The number of Topliss-reactive ketones (excluding diaryl/α,β-unsaturated/α-hetero) is 1. The molecular formula is C11H17NO4. The molecule has 0 saturated carbocycles. The van der Waals surface area contributed by atoms with Crippen LogP contribution in [0.4, 0.5) is 4.79 Å². The first-order chi connectivity index (χ1) is 7.32. The smallest absolute Gasteiger partial charge is 0.410 e. The standard InChI is InChI=1S/C11H17NO4/c1-10(2,3)16-9(14)12-5-4-11(7-12)8(13)6-15-11/h4-7H2,1-3H3/t11-/m1/s1. The van der Waals surface area contributed by atoms with Gasteiger partial charge >= 0.3 is 6.09 Å². The first kappa shape index (κ1) is 11.4. The fourth-order valence-corrected chi connectivity index (χ4v) is 1.94. The van der Waals surface area contributed by atoms with Crippen molar-refractivity contribution in [1.82, 2.24) is 4.90 Å². The molecule has 1 atom stereocenters. The van der Waals surface area contributed by atoms with Crippen molar-refractivity contribution < 1.29 is 19.1 Å². The van der Waals surface area contributed by atoms with Crippen molar-refractivity contribution in [2.75, 3.05) is 19.7 Å². The number of rotatable bonds is 0. The van der Waals surface area contributed by atoms with Gasteiger partial charge in [-0.05, 0) is 20.8 Å². The molecule has 0 aromatic carbocycles. The number of nitrogens with zero attached hydrogens (tertiary/aromatic N) is 1. The molecule has 90 valence electrons. The van der Waals surface area contributed by atoms with Crippen LogP contribution in [0.5, 0.6) is 0 Å². The van der Waals surface area contributed by atoms with Crippen molar-refractivity contribution in [3.05, 3.63) is 0 Å². The Kier molecular flexibility index (Phi) is 2.45. The van der Waals surface area contributed by atoms with Crippen molar-refractivity contribution in [3.8, 4) is 0 Å². The average Bonchev–Trinajstić information content (AvgIpc) is 2.59. The first-order valence-electron chi connectivity index (χ1n) is 5.48. The molecule has 2 heterocycles. The van der Waals surface area contributed by atoms with E-state index < -0.39 is 11.2 Å². The normalized spacial score (nSPS) is 29.4. The summed E-state index contributed by atoms with van der Waals surface area (Å²) >= 11 is 0. The molecule has 0 unspecified atom stereocenters. The second kappa shape index (κ2) is 3.45. The van der Waals surface area contributed by atoms with E-state index in [1.807, 2.05) is 20.8 Å². The quantitative estimate of drug-likeness (QED) is 0.618. The summed E-state index contributed by atoms with van der Waals surface area (Å²) in [5.41, 5.74) is -1.21. The molecule has 1 amide bonds. The lowest BCUT2D eigenvalue weighted by Gasteiger charge is -2.36. The Hall–Kier alpha value is -1.10. The van der Waals surface area contributed by atoms with Gasteiger partial charge in [-0.15, -0.1) is 0 Å². The number of likely N-dealkylation sites (tertiary alicyclic amines) is 1. The minimum Gasteiger partial charge on any atom is -0.444 e. The molecule has 0 aromatic rings. The highest BCUT2D eigenvalue weighted by molar-refractivity contribution is 5.94. The van der Waals surface area contributed by atoms with E-state index in [1.54, 1.807) is 4.90 Å². The summed E-state index contributed by atoms with van der Waals surface area (Å²) in [6, 6.07) is 0. The number of amides is 1. The summed E-state index contributed by atoms with van der Waals surface area (Å²) in [6.07, 6.45) is 0.220. The zero-order valence-corrected chi connectivity index (χ0v) is 9.91. The minimum atomic E-state index is -0.711. The van der Waals surface area contributed by atoms with Gasteiger partial charge in [0.25, 0.3) is 0 Å². The summed E-state index contributed by atoms with van der Waals surface area (Å²) < 4.78 is 10.5. The van der Waals surface area contributed by atoms with Crippen LogP contribution < -0.4 is 0 Å². The van der Waals surface area contributed by atoms with Crippen molar-refractivity contribution in [1.29, 1.82) is 0 Å². The monoisotopic (exact) mass is 227 g/mol. The van der Waals surface area contributed by atoms with Gasteiger partial charge in [0.05, 0.1) is 6.54 Å². The molecule has 5 heteroatoms. The summed E-state index contributed by atoms with van der Waals surface area (Å²) in [5, 5.41) is 0. The second-order valence-corrected chi connectivity index (χ2v) is 5.36. The van der Waals surface area contributed by atoms with Crippen molar-refractivity contribution in [2.24, 2.45) is 0 Å². The van der Waals surface area contributed by atoms with Crippen LogP contribution in [0.25, 0.3) is 0 Å². The lowest BCUT2D eigenvalue weighted by atomic mass is 9.93. The maximum absolute atomic E-state index is 11.7. The number of ketones is 1. The highest BCUT2D eigenvalue weighted by Crippen LogP contribution is 2.33. The molecule has 5 nitrogen and oxygen atoms in total. The Morgan fingerprint density at radius 3 is 2.56 bits per heavy atom. The Bertz CT molecular complexity index is 333. The number of hydrogen-bond donors (Lipinski definition) is 0. The SMILES string of the molecule is CC(C)(C)OC(=O)N1CC[C@]2(C1)OCC2=O. The van der Waals surface area contributed by atoms with Gasteiger partial charge in [-0.25, -0.2) is 4.79 Å². The van der Waals surface area contributed by atoms with Crippen molar-refractivity contribution >= 4 is 11.9 Å². The number of ether oxygens (including phenoxy) is 2. The molecule has 16 heavy (non-hydrogen) atoms.